The predicted molar refractivity (Wildman–Crippen MR) is 39.0 cm³/mol. The van der Waals surface area contributed by atoms with Crippen LogP contribution < -0.4 is 5.56 Å². The number of pyridine rings is 1. The van der Waals surface area contributed by atoms with Crippen molar-refractivity contribution in [3.05, 3.63) is 33.7 Å². The van der Waals surface area contributed by atoms with Crippen molar-refractivity contribution < 1.29 is 23.1 Å². The van der Waals surface area contributed by atoms with Crippen LogP contribution in [0, 0.1) is 0 Å². The number of hydrogen-bond acceptors (Lipinski definition) is 2. The van der Waals surface area contributed by atoms with Gasteiger partial charge in [-0.15, -0.1) is 0 Å². The van der Waals surface area contributed by atoms with E-state index in [9.17, 15) is 22.8 Å². The maximum Gasteiger partial charge on any atom is 0.421 e. The summed E-state index contributed by atoms with van der Waals surface area (Å²) in [5, 5.41) is 8.35. The van der Waals surface area contributed by atoms with Crippen LogP contribution in [0.3, 0.4) is 0 Å². The quantitative estimate of drug-likeness (QED) is 0.724. The molecule has 4 nitrogen and oxygen atoms in total. The number of halogens is 3. The molecule has 2 N–H and O–H groups in total. The van der Waals surface area contributed by atoms with E-state index in [1.54, 1.807) is 4.98 Å². The molecule has 1 aromatic rings. The molecule has 0 radical (unpaired) electrons. The molecule has 0 saturated heterocycles. The maximum absolute atomic E-state index is 12.0. The van der Waals surface area contributed by atoms with Gasteiger partial charge in [0.05, 0.1) is 0 Å². The topological polar surface area (TPSA) is 70.2 Å². The number of aromatic carboxylic acids is 1. The summed E-state index contributed by atoms with van der Waals surface area (Å²) in [6, 6.07) is 1.12. The van der Waals surface area contributed by atoms with Crippen LogP contribution in [0.1, 0.15) is 16.1 Å². The second kappa shape index (κ2) is 3.17. The van der Waals surface area contributed by atoms with Crippen molar-refractivity contribution in [2.45, 2.75) is 6.18 Å². The van der Waals surface area contributed by atoms with E-state index in [0.717, 1.165) is 0 Å². The first kappa shape index (κ1) is 10.3. The Bertz CT molecular complexity index is 421. The molecule has 1 rings (SSSR count). The van der Waals surface area contributed by atoms with Crippen LogP contribution in [0.5, 0.6) is 0 Å². The Hall–Kier alpha value is -1.79. The molecule has 0 spiro atoms. The monoisotopic (exact) mass is 207 g/mol. The molecule has 0 aromatic carbocycles. The largest absolute Gasteiger partial charge is 0.477 e. The molecule has 14 heavy (non-hydrogen) atoms. The lowest BCUT2D eigenvalue weighted by Gasteiger charge is -2.04. The third kappa shape index (κ3) is 1.93. The van der Waals surface area contributed by atoms with Gasteiger partial charge in [-0.05, 0) is 12.1 Å². The number of H-pyrrole nitrogens is 1. The fraction of sp³-hybridized carbons (Fsp3) is 0.143. The number of alkyl halides is 3. The summed E-state index contributed by atoms with van der Waals surface area (Å²) in [6.45, 7) is 0. The first-order valence-corrected chi connectivity index (χ1v) is 3.36. The van der Waals surface area contributed by atoms with Gasteiger partial charge in [0.2, 0.25) is 0 Å². The van der Waals surface area contributed by atoms with E-state index in [1.165, 1.54) is 0 Å². The minimum absolute atomic E-state index is 0.433. The van der Waals surface area contributed by atoms with Crippen molar-refractivity contribution in [2.75, 3.05) is 0 Å². The fourth-order valence-electron chi connectivity index (χ4n) is 0.822. The van der Waals surface area contributed by atoms with E-state index in [2.05, 4.69) is 0 Å². The lowest BCUT2D eigenvalue weighted by atomic mass is 10.2. The molecular formula is C7H4F3NO3. The summed E-state index contributed by atoms with van der Waals surface area (Å²) in [7, 11) is 0. The molecule has 0 atom stereocenters. The van der Waals surface area contributed by atoms with Crippen molar-refractivity contribution in [3.8, 4) is 0 Å². The first-order chi connectivity index (χ1) is 6.32. The SMILES string of the molecule is O=C(O)c1ccc(C(F)(F)F)c(=O)[nH]1. The molecule has 76 valence electrons. The maximum atomic E-state index is 12.0. The normalized spacial score (nSPS) is 11.4. The smallest absolute Gasteiger partial charge is 0.421 e. The van der Waals surface area contributed by atoms with Gasteiger partial charge in [-0.3, -0.25) is 4.79 Å². The highest BCUT2D eigenvalue weighted by molar-refractivity contribution is 5.85. The summed E-state index contributed by atoms with van der Waals surface area (Å²) in [6.07, 6.45) is -4.77. The molecule has 0 aliphatic carbocycles. The predicted octanol–water partition coefficient (Wildman–Crippen LogP) is 1.09. The minimum Gasteiger partial charge on any atom is -0.477 e. The van der Waals surface area contributed by atoms with E-state index < -0.39 is 29.0 Å². The van der Waals surface area contributed by atoms with Crippen LogP contribution in [0.15, 0.2) is 16.9 Å². The minimum atomic E-state index is -4.77. The number of carboxylic acid groups (broad SMARTS) is 1. The molecular weight excluding hydrogens is 203 g/mol. The molecule has 0 aliphatic heterocycles. The Morgan fingerprint density at radius 1 is 1.36 bits per heavy atom. The van der Waals surface area contributed by atoms with Crippen LogP contribution in [0.2, 0.25) is 0 Å². The highest BCUT2D eigenvalue weighted by Crippen LogP contribution is 2.25. The highest BCUT2D eigenvalue weighted by atomic mass is 19.4. The van der Waals surface area contributed by atoms with E-state index >= 15 is 0 Å². The van der Waals surface area contributed by atoms with Gasteiger partial charge in [0.15, 0.2) is 0 Å². The van der Waals surface area contributed by atoms with E-state index in [4.69, 9.17) is 5.11 Å². The lowest BCUT2D eigenvalue weighted by Crippen LogP contribution is -2.23. The van der Waals surface area contributed by atoms with E-state index in [-0.39, 0.29) is 0 Å². The van der Waals surface area contributed by atoms with Gasteiger partial charge >= 0.3 is 12.1 Å². The molecule has 0 unspecified atom stereocenters. The summed E-state index contributed by atoms with van der Waals surface area (Å²) < 4.78 is 36.0. The van der Waals surface area contributed by atoms with Gasteiger partial charge in [0, 0.05) is 0 Å². The van der Waals surface area contributed by atoms with Gasteiger partial charge in [0.25, 0.3) is 5.56 Å². The summed E-state index contributed by atoms with van der Waals surface area (Å²) in [4.78, 5) is 22.6. The number of nitrogens with one attached hydrogen (secondary N) is 1. The van der Waals surface area contributed by atoms with Crippen LogP contribution in [0.4, 0.5) is 13.2 Å². The number of aromatic amines is 1. The van der Waals surface area contributed by atoms with E-state index in [1.807, 2.05) is 0 Å². The second-order valence-corrected chi connectivity index (χ2v) is 2.42. The summed E-state index contributed by atoms with van der Waals surface area (Å²) in [5.74, 6) is -1.49. The molecule has 1 heterocycles. The average molecular weight is 207 g/mol. The lowest BCUT2D eigenvalue weighted by molar-refractivity contribution is -0.138. The molecule has 0 amide bonds. The number of carboxylic acids is 1. The first-order valence-electron chi connectivity index (χ1n) is 3.36. The Morgan fingerprint density at radius 2 is 1.93 bits per heavy atom. The van der Waals surface area contributed by atoms with Gasteiger partial charge in [-0.2, -0.15) is 13.2 Å². The number of hydrogen-bond donors (Lipinski definition) is 2. The van der Waals surface area contributed by atoms with Crippen molar-refractivity contribution in [1.82, 2.24) is 4.98 Å². The molecule has 1 aromatic heterocycles. The van der Waals surface area contributed by atoms with Gasteiger partial charge in [0.1, 0.15) is 11.3 Å². The Kier molecular flexibility index (Phi) is 2.33. The summed E-state index contributed by atoms with van der Waals surface area (Å²) in [5.41, 5.74) is -3.46. The van der Waals surface area contributed by atoms with Crippen LogP contribution in [0.25, 0.3) is 0 Å². The Labute approximate surface area is 75.0 Å². The number of aromatic nitrogens is 1. The zero-order valence-corrected chi connectivity index (χ0v) is 6.55. The molecule has 0 bridgehead atoms. The number of carbonyl (C=O) groups is 1. The second-order valence-electron chi connectivity index (χ2n) is 2.42. The Morgan fingerprint density at radius 3 is 2.29 bits per heavy atom. The molecule has 0 saturated carbocycles. The zero-order chi connectivity index (χ0) is 10.9. The van der Waals surface area contributed by atoms with Crippen LogP contribution in [-0.2, 0) is 6.18 Å². The zero-order valence-electron chi connectivity index (χ0n) is 6.55. The molecule has 7 heteroatoms. The van der Waals surface area contributed by atoms with Gasteiger partial charge in [-0.25, -0.2) is 4.79 Å². The summed E-state index contributed by atoms with van der Waals surface area (Å²) >= 11 is 0. The van der Waals surface area contributed by atoms with Gasteiger partial charge in [-0.1, -0.05) is 0 Å². The molecule has 0 fully saturated rings. The Balaban J connectivity index is 3.29. The third-order valence-electron chi connectivity index (χ3n) is 1.45. The number of rotatable bonds is 1. The van der Waals surface area contributed by atoms with Crippen molar-refractivity contribution >= 4 is 5.97 Å². The van der Waals surface area contributed by atoms with Crippen LogP contribution in [-0.4, -0.2) is 16.1 Å². The van der Waals surface area contributed by atoms with Crippen molar-refractivity contribution in [1.29, 1.82) is 0 Å². The highest BCUT2D eigenvalue weighted by Gasteiger charge is 2.33. The molecule has 0 aliphatic rings. The standard InChI is InChI=1S/C7H4F3NO3/c8-7(9,10)3-1-2-4(6(13)14)11-5(3)12/h1-2H,(H,11,12)(H,13,14). The van der Waals surface area contributed by atoms with Crippen molar-refractivity contribution in [3.63, 3.8) is 0 Å². The van der Waals surface area contributed by atoms with E-state index in [0.29, 0.717) is 12.1 Å². The van der Waals surface area contributed by atoms with Gasteiger partial charge < -0.3 is 10.1 Å². The third-order valence-corrected chi connectivity index (χ3v) is 1.45. The fourth-order valence-corrected chi connectivity index (χ4v) is 0.822. The average Bonchev–Trinajstić information content (AvgIpc) is 2.01. The van der Waals surface area contributed by atoms with Crippen LogP contribution >= 0.6 is 0 Å². The van der Waals surface area contributed by atoms with Crippen molar-refractivity contribution in [2.24, 2.45) is 0 Å².